The van der Waals surface area contributed by atoms with E-state index in [1.54, 1.807) is 0 Å². The van der Waals surface area contributed by atoms with Gasteiger partial charge < -0.3 is 10.8 Å². The Morgan fingerprint density at radius 1 is 1.33 bits per heavy atom. The topological polar surface area (TPSA) is 49.5 Å². The summed E-state index contributed by atoms with van der Waals surface area (Å²) in [7, 11) is 0. The van der Waals surface area contributed by atoms with Crippen molar-refractivity contribution in [2.75, 3.05) is 26.2 Å². The predicted molar refractivity (Wildman–Crippen MR) is 79.5 cm³/mol. The summed E-state index contributed by atoms with van der Waals surface area (Å²) >= 11 is 3.58. The average Bonchev–Trinajstić information content (AvgIpc) is 2.38. The number of unbranched alkanes of at least 4 members (excludes halogenated alkanes) is 1. The molecule has 0 heterocycles. The standard InChI is InChI=1S/C14H23BrN2O/c1-2-3-8-17(9-10-18)14(11-16)12-6-4-5-7-13(12)15/h4-7,14,18H,2-3,8-11,16H2,1H3. The van der Waals surface area contributed by atoms with Crippen molar-refractivity contribution in [3.63, 3.8) is 0 Å². The first-order valence-electron chi connectivity index (χ1n) is 6.54. The van der Waals surface area contributed by atoms with Crippen LogP contribution in [0.2, 0.25) is 0 Å². The van der Waals surface area contributed by atoms with Crippen molar-refractivity contribution in [1.82, 2.24) is 4.90 Å². The van der Waals surface area contributed by atoms with Crippen LogP contribution in [-0.4, -0.2) is 36.2 Å². The lowest BCUT2D eigenvalue weighted by molar-refractivity contribution is 0.151. The van der Waals surface area contributed by atoms with E-state index in [4.69, 9.17) is 5.73 Å². The maximum Gasteiger partial charge on any atom is 0.0558 e. The molecule has 4 heteroatoms. The van der Waals surface area contributed by atoms with Gasteiger partial charge in [0, 0.05) is 23.6 Å². The minimum atomic E-state index is 0.166. The van der Waals surface area contributed by atoms with Crippen molar-refractivity contribution in [3.8, 4) is 0 Å². The molecule has 0 aliphatic rings. The quantitative estimate of drug-likeness (QED) is 0.775. The van der Waals surface area contributed by atoms with Crippen molar-refractivity contribution in [2.24, 2.45) is 5.73 Å². The monoisotopic (exact) mass is 314 g/mol. The Balaban J connectivity index is 2.87. The number of nitrogens with zero attached hydrogens (tertiary/aromatic N) is 1. The maximum absolute atomic E-state index is 9.20. The number of hydrogen-bond acceptors (Lipinski definition) is 3. The predicted octanol–water partition coefficient (Wildman–Crippen LogP) is 2.54. The molecule has 1 aromatic carbocycles. The van der Waals surface area contributed by atoms with Gasteiger partial charge in [-0.1, -0.05) is 47.5 Å². The molecule has 0 aromatic heterocycles. The molecule has 0 aliphatic heterocycles. The van der Waals surface area contributed by atoms with Gasteiger partial charge in [0.2, 0.25) is 0 Å². The molecule has 3 nitrogen and oxygen atoms in total. The molecule has 1 aromatic rings. The fraction of sp³-hybridized carbons (Fsp3) is 0.571. The Bertz CT molecular complexity index is 346. The second-order valence-corrected chi connectivity index (χ2v) is 5.24. The van der Waals surface area contributed by atoms with Crippen LogP contribution in [0.4, 0.5) is 0 Å². The van der Waals surface area contributed by atoms with Gasteiger partial charge in [-0.15, -0.1) is 0 Å². The third kappa shape index (κ3) is 4.35. The highest BCUT2D eigenvalue weighted by molar-refractivity contribution is 9.10. The van der Waals surface area contributed by atoms with Gasteiger partial charge in [0.25, 0.3) is 0 Å². The van der Waals surface area contributed by atoms with Crippen molar-refractivity contribution in [1.29, 1.82) is 0 Å². The van der Waals surface area contributed by atoms with Gasteiger partial charge in [0.05, 0.1) is 6.61 Å². The second-order valence-electron chi connectivity index (χ2n) is 4.39. The summed E-state index contributed by atoms with van der Waals surface area (Å²) in [5, 5.41) is 9.20. The van der Waals surface area contributed by atoms with E-state index >= 15 is 0 Å². The van der Waals surface area contributed by atoms with E-state index in [0.29, 0.717) is 13.1 Å². The molecule has 0 radical (unpaired) electrons. The van der Waals surface area contributed by atoms with Crippen LogP contribution in [0.1, 0.15) is 31.4 Å². The summed E-state index contributed by atoms with van der Waals surface area (Å²) in [5.41, 5.74) is 7.13. The van der Waals surface area contributed by atoms with E-state index in [9.17, 15) is 5.11 Å². The molecule has 0 spiro atoms. The summed E-state index contributed by atoms with van der Waals surface area (Å²) in [5.74, 6) is 0. The molecule has 1 unspecified atom stereocenters. The van der Waals surface area contributed by atoms with Crippen molar-refractivity contribution >= 4 is 15.9 Å². The summed E-state index contributed by atoms with van der Waals surface area (Å²) < 4.78 is 1.08. The molecule has 1 rings (SSSR count). The van der Waals surface area contributed by atoms with Crippen LogP contribution in [0.3, 0.4) is 0 Å². The molecule has 0 fully saturated rings. The third-order valence-electron chi connectivity index (χ3n) is 3.11. The lowest BCUT2D eigenvalue weighted by atomic mass is 10.0. The number of aliphatic hydroxyl groups excluding tert-OH is 1. The molecular weight excluding hydrogens is 292 g/mol. The third-order valence-corrected chi connectivity index (χ3v) is 3.84. The maximum atomic E-state index is 9.20. The van der Waals surface area contributed by atoms with E-state index < -0.39 is 0 Å². The largest absolute Gasteiger partial charge is 0.395 e. The van der Waals surface area contributed by atoms with Crippen LogP contribution >= 0.6 is 15.9 Å². The van der Waals surface area contributed by atoms with Crippen LogP contribution in [0.5, 0.6) is 0 Å². The van der Waals surface area contributed by atoms with E-state index in [1.165, 1.54) is 5.56 Å². The average molecular weight is 315 g/mol. The Morgan fingerprint density at radius 3 is 2.61 bits per heavy atom. The van der Waals surface area contributed by atoms with Gasteiger partial charge in [-0.2, -0.15) is 0 Å². The lowest BCUT2D eigenvalue weighted by Crippen LogP contribution is -2.36. The number of aliphatic hydroxyl groups is 1. The summed E-state index contributed by atoms with van der Waals surface area (Å²) in [4.78, 5) is 2.27. The molecule has 18 heavy (non-hydrogen) atoms. The first kappa shape index (κ1) is 15.6. The summed E-state index contributed by atoms with van der Waals surface area (Å²) in [6.45, 7) is 4.55. The molecular formula is C14H23BrN2O. The number of benzene rings is 1. The van der Waals surface area contributed by atoms with Gasteiger partial charge >= 0.3 is 0 Å². The van der Waals surface area contributed by atoms with Crippen LogP contribution in [0, 0.1) is 0 Å². The highest BCUT2D eigenvalue weighted by atomic mass is 79.9. The molecule has 3 N–H and O–H groups in total. The van der Waals surface area contributed by atoms with Crippen LogP contribution in [0.25, 0.3) is 0 Å². The molecule has 1 atom stereocenters. The molecule has 0 saturated carbocycles. The Kier molecular flexibility index (Phi) is 7.51. The second kappa shape index (κ2) is 8.64. The van der Waals surface area contributed by atoms with E-state index in [0.717, 1.165) is 23.9 Å². The van der Waals surface area contributed by atoms with Crippen LogP contribution in [-0.2, 0) is 0 Å². The van der Waals surface area contributed by atoms with Gasteiger partial charge in [0.15, 0.2) is 0 Å². The first-order chi connectivity index (χ1) is 8.74. The zero-order valence-electron chi connectivity index (χ0n) is 11.0. The van der Waals surface area contributed by atoms with Gasteiger partial charge in [-0.05, 0) is 24.6 Å². The van der Waals surface area contributed by atoms with Crippen molar-refractivity contribution in [3.05, 3.63) is 34.3 Å². The Labute approximate surface area is 118 Å². The number of halogens is 1. The van der Waals surface area contributed by atoms with Gasteiger partial charge in [-0.3, -0.25) is 4.90 Å². The molecule has 0 bridgehead atoms. The molecule has 0 amide bonds. The number of nitrogens with two attached hydrogens (primary N) is 1. The highest BCUT2D eigenvalue weighted by Gasteiger charge is 2.19. The molecule has 0 saturated heterocycles. The van der Waals surface area contributed by atoms with Crippen LogP contribution < -0.4 is 5.73 Å². The van der Waals surface area contributed by atoms with Crippen molar-refractivity contribution in [2.45, 2.75) is 25.8 Å². The molecule has 0 aliphatic carbocycles. The minimum absolute atomic E-state index is 0.166. The number of rotatable bonds is 8. The zero-order valence-corrected chi connectivity index (χ0v) is 12.6. The highest BCUT2D eigenvalue weighted by Crippen LogP contribution is 2.27. The van der Waals surface area contributed by atoms with Gasteiger partial charge in [-0.25, -0.2) is 0 Å². The van der Waals surface area contributed by atoms with Crippen LogP contribution in [0.15, 0.2) is 28.7 Å². The SMILES string of the molecule is CCCCN(CCO)C(CN)c1ccccc1Br. The fourth-order valence-corrected chi connectivity index (χ4v) is 2.68. The summed E-state index contributed by atoms with van der Waals surface area (Å²) in [6.07, 6.45) is 2.27. The minimum Gasteiger partial charge on any atom is -0.395 e. The van der Waals surface area contributed by atoms with E-state index in [2.05, 4.69) is 33.8 Å². The molecule has 102 valence electrons. The van der Waals surface area contributed by atoms with Gasteiger partial charge in [0.1, 0.15) is 0 Å². The zero-order chi connectivity index (χ0) is 13.4. The lowest BCUT2D eigenvalue weighted by Gasteiger charge is -2.31. The van der Waals surface area contributed by atoms with E-state index in [1.807, 2.05) is 18.2 Å². The number of hydrogen-bond donors (Lipinski definition) is 2. The smallest absolute Gasteiger partial charge is 0.0558 e. The fourth-order valence-electron chi connectivity index (χ4n) is 2.13. The Morgan fingerprint density at radius 2 is 2.06 bits per heavy atom. The summed E-state index contributed by atoms with van der Waals surface area (Å²) in [6, 6.07) is 8.33. The van der Waals surface area contributed by atoms with E-state index in [-0.39, 0.29) is 12.6 Å². The van der Waals surface area contributed by atoms with Crippen molar-refractivity contribution < 1.29 is 5.11 Å². The normalized spacial score (nSPS) is 12.9. The Hall–Kier alpha value is -0.420. The first-order valence-corrected chi connectivity index (χ1v) is 7.33.